The lowest BCUT2D eigenvalue weighted by atomic mass is 9.90. The zero-order valence-electron chi connectivity index (χ0n) is 18.7. The van der Waals surface area contributed by atoms with Gasteiger partial charge in [0.1, 0.15) is 0 Å². The van der Waals surface area contributed by atoms with Gasteiger partial charge in [-0.2, -0.15) is 0 Å². The van der Waals surface area contributed by atoms with Crippen LogP contribution in [0, 0.1) is 6.92 Å². The van der Waals surface area contributed by atoms with E-state index in [1.54, 1.807) is 11.8 Å². The predicted octanol–water partition coefficient (Wildman–Crippen LogP) is 7.60. The summed E-state index contributed by atoms with van der Waals surface area (Å²) in [6, 6.07) is 39.5. The summed E-state index contributed by atoms with van der Waals surface area (Å²) in [6.45, 7) is 2.12. The van der Waals surface area contributed by atoms with Gasteiger partial charge in [-0.3, -0.25) is 0 Å². The molecule has 5 rings (SSSR count). The Morgan fingerprint density at radius 3 is 1.76 bits per heavy atom. The Morgan fingerprint density at radius 2 is 1.21 bits per heavy atom. The van der Waals surface area contributed by atoms with E-state index in [-0.39, 0.29) is 10.9 Å². The maximum absolute atomic E-state index is 15.2. The van der Waals surface area contributed by atoms with Crippen molar-refractivity contribution in [3.05, 3.63) is 137 Å². The van der Waals surface area contributed by atoms with Crippen LogP contribution in [-0.4, -0.2) is 4.99 Å². The van der Waals surface area contributed by atoms with Crippen LogP contribution in [0.5, 0.6) is 0 Å². The molecule has 0 saturated carbocycles. The van der Waals surface area contributed by atoms with Gasteiger partial charge in [0.2, 0.25) is 0 Å². The molecule has 0 bridgehead atoms. The van der Waals surface area contributed by atoms with Gasteiger partial charge in [0.15, 0.2) is 7.14 Å². The molecule has 0 aliphatic carbocycles. The van der Waals surface area contributed by atoms with Crippen LogP contribution in [0.1, 0.15) is 29.0 Å². The fourth-order valence-corrected chi connectivity index (χ4v) is 10.1. The number of allylic oxidation sites excluding steroid dienone is 1. The second-order valence-corrected chi connectivity index (χ2v) is 12.9. The Hall–Kier alpha value is -2.80. The molecule has 1 nitrogen and oxygen atoms in total. The van der Waals surface area contributed by atoms with Crippen molar-refractivity contribution in [2.24, 2.45) is 0 Å². The second kappa shape index (κ2) is 9.59. The molecule has 0 unspecified atom stereocenters. The minimum Gasteiger partial charge on any atom is -0.312 e. The Morgan fingerprint density at radius 1 is 0.697 bits per heavy atom. The summed E-state index contributed by atoms with van der Waals surface area (Å²) in [5.41, 5.74) is 5.06. The van der Waals surface area contributed by atoms with Crippen LogP contribution < -0.4 is 10.6 Å². The highest BCUT2D eigenvalue weighted by atomic mass is 32.2. The quantitative estimate of drug-likeness (QED) is 0.282. The molecule has 0 N–H and O–H groups in total. The Kier molecular flexibility index (Phi) is 6.40. The van der Waals surface area contributed by atoms with Crippen LogP contribution in [0.25, 0.3) is 5.57 Å². The SMILES string of the molecule is Cc1ccc([C@H]2CC(c3ccccc3)=CS[C@@H]2P(=O)(c2ccccc2)c2ccccc2)cc1. The van der Waals surface area contributed by atoms with Crippen molar-refractivity contribution in [2.75, 3.05) is 0 Å². The fraction of sp³-hybridized carbons (Fsp3) is 0.133. The molecule has 0 radical (unpaired) electrons. The first kappa shape index (κ1) is 22.0. The first-order valence-electron chi connectivity index (χ1n) is 11.3. The summed E-state index contributed by atoms with van der Waals surface area (Å²) in [5.74, 6) is 0.141. The lowest BCUT2D eigenvalue weighted by Crippen LogP contribution is -2.29. The van der Waals surface area contributed by atoms with Gasteiger partial charge < -0.3 is 4.57 Å². The Labute approximate surface area is 201 Å². The molecule has 0 fully saturated rings. The van der Waals surface area contributed by atoms with E-state index < -0.39 is 7.14 Å². The van der Waals surface area contributed by atoms with E-state index in [9.17, 15) is 0 Å². The van der Waals surface area contributed by atoms with E-state index in [0.717, 1.165) is 17.0 Å². The normalized spacial score (nSPS) is 18.5. The number of aryl methyl sites for hydroxylation is 1. The van der Waals surface area contributed by atoms with Crippen LogP contribution in [0.4, 0.5) is 0 Å². The van der Waals surface area contributed by atoms with Crippen LogP contribution in [0.15, 0.2) is 121 Å². The molecular formula is C30H27OPS. The summed E-state index contributed by atoms with van der Waals surface area (Å²) in [6.07, 6.45) is 0.869. The number of hydrogen-bond acceptors (Lipinski definition) is 2. The van der Waals surface area contributed by atoms with Crippen molar-refractivity contribution in [2.45, 2.75) is 24.3 Å². The first-order valence-corrected chi connectivity index (χ1v) is 14.1. The minimum atomic E-state index is -2.93. The lowest BCUT2D eigenvalue weighted by molar-refractivity contribution is 0.578. The number of thioether (sulfide) groups is 1. The van der Waals surface area contributed by atoms with Gasteiger partial charge in [0.25, 0.3) is 0 Å². The molecule has 0 amide bonds. The highest BCUT2D eigenvalue weighted by molar-refractivity contribution is 8.11. The zero-order valence-corrected chi connectivity index (χ0v) is 20.4. The molecular weight excluding hydrogens is 439 g/mol. The maximum atomic E-state index is 15.2. The molecule has 164 valence electrons. The van der Waals surface area contributed by atoms with Crippen molar-refractivity contribution in [3.8, 4) is 0 Å². The summed E-state index contributed by atoms with van der Waals surface area (Å²) >= 11 is 1.74. The predicted molar refractivity (Wildman–Crippen MR) is 144 cm³/mol. The Balaban J connectivity index is 1.67. The van der Waals surface area contributed by atoms with Gasteiger partial charge in [-0.25, -0.2) is 0 Å². The molecule has 1 aliphatic rings. The molecule has 1 heterocycles. The van der Waals surface area contributed by atoms with E-state index in [2.05, 4.69) is 66.9 Å². The van der Waals surface area contributed by atoms with Crippen LogP contribution in [0.2, 0.25) is 0 Å². The summed E-state index contributed by atoms with van der Waals surface area (Å²) in [4.78, 5) is -0.0718. The highest BCUT2D eigenvalue weighted by Gasteiger charge is 2.44. The average Bonchev–Trinajstić information content (AvgIpc) is 2.90. The van der Waals surface area contributed by atoms with Gasteiger partial charge >= 0.3 is 0 Å². The third-order valence-corrected chi connectivity index (χ3v) is 11.9. The second-order valence-electron chi connectivity index (χ2n) is 8.59. The van der Waals surface area contributed by atoms with E-state index in [4.69, 9.17) is 0 Å². The Bertz CT molecular complexity index is 1240. The van der Waals surface area contributed by atoms with Crippen molar-refractivity contribution >= 4 is 35.1 Å². The van der Waals surface area contributed by atoms with Gasteiger partial charge in [-0.15, -0.1) is 11.8 Å². The smallest absolute Gasteiger partial charge is 0.156 e. The highest BCUT2D eigenvalue weighted by Crippen LogP contribution is 2.62. The molecule has 0 aromatic heterocycles. The van der Waals surface area contributed by atoms with Crippen LogP contribution >= 0.6 is 18.9 Å². The fourth-order valence-electron chi connectivity index (χ4n) is 4.65. The van der Waals surface area contributed by atoms with E-state index in [1.807, 2.05) is 60.7 Å². The van der Waals surface area contributed by atoms with Crippen molar-refractivity contribution in [3.63, 3.8) is 0 Å². The molecule has 4 aromatic rings. The van der Waals surface area contributed by atoms with Gasteiger partial charge in [-0.05, 0) is 35.5 Å². The summed E-state index contributed by atoms with van der Waals surface area (Å²) in [7, 11) is -2.93. The molecule has 33 heavy (non-hydrogen) atoms. The minimum absolute atomic E-state index is 0.0718. The third kappa shape index (κ3) is 4.38. The van der Waals surface area contributed by atoms with E-state index >= 15 is 4.57 Å². The number of rotatable bonds is 5. The van der Waals surface area contributed by atoms with Crippen molar-refractivity contribution in [1.29, 1.82) is 0 Å². The topological polar surface area (TPSA) is 17.1 Å². The summed E-state index contributed by atoms with van der Waals surface area (Å²) in [5, 5.41) is 4.12. The monoisotopic (exact) mass is 466 g/mol. The molecule has 1 aliphatic heterocycles. The average molecular weight is 467 g/mol. The standard InChI is InChI=1S/C30H27OPS/c1-23-17-19-25(20-18-23)29-21-26(24-11-5-2-6-12-24)22-33-30(29)32(31,27-13-7-3-8-14-27)28-15-9-4-10-16-28/h2-20,22,29-30H,21H2,1H3/t29-,30+/m1/s1. The van der Waals surface area contributed by atoms with Crippen molar-refractivity contribution in [1.82, 2.24) is 0 Å². The largest absolute Gasteiger partial charge is 0.312 e. The van der Waals surface area contributed by atoms with Crippen molar-refractivity contribution < 1.29 is 4.57 Å². The van der Waals surface area contributed by atoms with Crippen LogP contribution in [-0.2, 0) is 4.57 Å². The maximum Gasteiger partial charge on any atom is 0.156 e. The molecule has 0 saturated heterocycles. The van der Waals surface area contributed by atoms with Crippen LogP contribution in [0.3, 0.4) is 0 Å². The lowest BCUT2D eigenvalue weighted by Gasteiger charge is -2.37. The first-order chi connectivity index (χ1) is 16.2. The zero-order chi connectivity index (χ0) is 22.7. The molecule has 0 spiro atoms. The van der Waals surface area contributed by atoms with E-state index in [1.165, 1.54) is 22.3 Å². The molecule has 2 atom stereocenters. The number of hydrogen-bond donors (Lipinski definition) is 0. The summed E-state index contributed by atoms with van der Waals surface area (Å²) < 4.78 is 15.2. The van der Waals surface area contributed by atoms with Gasteiger partial charge in [-0.1, -0.05) is 121 Å². The van der Waals surface area contributed by atoms with Gasteiger partial charge in [0.05, 0.1) is 4.99 Å². The number of benzene rings is 4. The third-order valence-electron chi connectivity index (χ3n) is 6.42. The van der Waals surface area contributed by atoms with E-state index in [0.29, 0.717) is 0 Å². The molecule has 4 aromatic carbocycles. The molecule has 3 heteroatoms. The van der Waals surface area contributed by atoms with Gasteiger partial charge in [0, 0.05) is 16.5 Å².